The number of ether oxygens (including phenoxy) is 1. The molecule has 0 aliphatic carbocycles. The van der Waals surface area contributed by atoms with Crippen LogP contribution in [0, 0.1) is 0 Å². The normalized spacial score (nSPS) is 17.9. The number of amides is 1. The highest BCUT2D eigenvalue weighted by molar-refractivity contribution is 5.85. The van der Waals surface area contributed by atoms with E-state index in [1.165, 1.54) is 0 Å². The molecule has 16 heavy (non-hydrogen) atoms. The van der Waals surface area contributed by atoms with Crippen LogP contribution >= 0.6 is 12.4 Å². The zero-order valence-electron chi connectivity index (χ0n) is 10.6. The van der Waals surface area contributed by atoms with Crippen molar-refractivity contribution in [1.29, 1.82) is 0 Å². The number of halogens is 1. The van der Waals surface area contributed by atoms with E-state index < -0.39 is 5.60 Å². The van der Waals surface area contributed by atoms with Gasteiger partial charge in [0.05, 0.1) is 0 Å². The van der Waals surface area contributed by atoms with Gasteiger partial charge in [-0.2, -0.15) is 0 Å². The molecule has 0 bridgehead atoms. The van der Waals surface area contributed by atoms with Gasteiger partial charge in [-0.05, 0) is 40.7 Å². The molecule has 1 fully saturated rings. The van der Waals surface area contributed by atoms with E-state index in [9.17, 15) is 4.79 Å². The SMILES string of the molecule is CNC1CCN(C(=O)OC(C)(C)C)CC1.Cl. The summed E-state index contributed by atoms with van der Waals surface area (Å²) in [4.78, 5) is 13.5. The summed E-state index contributed by atoms with van der Waals surface area (Å²) in [5.74, 6) is 0. The van der Waals surface area contributed by atoms with Crippen molar-refractivity contribution in [2.24, 2.45) is 0 Å². The van der Waals surface area contributed by atoms with Crippen LogP contribution in [0.2, 0.25) is 0 Å². The fourth-order valence-electron chi connectivity index (χ4n) is 1.68. The van der Waals surface area contributed by atoms with E-state index in [2.05, 4.69) is 5.32 Å². The van der Waals surface area contributed by atoms with Gasteiger partial charge in [0.25, 0.3) is 0 Å². The summed E-state index contributed by atoms with van der Waals surface area (Å²) < 4.78 is 5.31. The number of nitrogens with zero attached hydrogens (tertiary/aromatic N) is 1. The predicted octanol–water partition coefficient (Wildman–Crippen LogP) is 2.03. The number of rotatable bonds is 1. The number of likely N-dealkylation sites (tertiary alicyclic amines) is 1. The lowest BCUT2D eigenvalue weighted by Gasteiger charge is -2.33. The lowest BCUT2D eigenvalue weighted by molar-refractivity contribution is 0.0200. The fraction of sp³-hybridized carbons (Fsp3) is 0.909. The first-order chi connectivity index (χ1) is 6.92. The molecule has 1 saturated heterocycles. The van der Waals surface area contributed by atoms with Crippen molar-refractivity contribution in [3.05, 3.63) is 0 Å². The molecule has 0 aromatic heterocycles. The molecule has 5 heteroatoms. The van der Waals surface area contributed by atoms with Crippen molar-refractivity contribution in [2.45, 2.75) is 45.3 Å². The second-order valence-corrected chi connectivity index (χ2v) is 5.03. The minimum Gasteiger partial charge on any atom is -0.444 e. The summed E-state index contributed by atoms with van der Waals surface area (Å²) in [7, 11) is 1.97. The Morgan fingerprint density at radius 3 is 2.19 bits per heavy atom. The van der Waals surface area contributed by atoms with E-state index in [0.717, 1.165) is 25.9 Å². The molecule has 1 amide bonds. The number of carbonyl (C=O) groups excluding carboxylic acids is 1. The van der Waals surface area contributed by atoms with Crippen molar-refractivity contribution >= 4 is 18.5 Å². The third kappa shape index (κ3) is 5.03. The average Bonchev–Trinajstić information content (AvgIpc) is 2.15. The van der Waals surface area contributed by atoms with E-state index in [0.29, 0.717) is 6.04 Å². The Labute approximate surface area is 104 Å². The van der Waals surface area contributed by atoms with Gasteiger partial charge in [0.15, 0.2) is 0 Å². The van der Waals surface area contributed by atoms with Gasteiger partial charge in [-0.15, -0.1) is 12.4 Å². The Balaban J connectivity index is 0.00000225. The number of hydrogen-bond donors (Lipinski definition) is 1. The maximum Gasteiger partial charge on any atom is 0.410 e. The topological polar surface area (TPSA) is 41.6 Å². The molecule has 1 aliphatic heterocycles. The Bertz CT molecular complexity index is 221. The molecule has 96 valence electrons. The molecule has 1 heterocycles. The summed E-state index contributed by atoms with van der Waals surface area (Å²) in [6.07, 6.45) is 1.84. The number of hydrogen-bond acceptors (Lipinski definition) is 3. The van der Waals surface area contributed by atoms with Crippen LogP contribution in [0.3, 0.4) is 0 Å². The quantitative estimate of drug-likeness (QED) is 0.774. The molecular formula is C11H23ClN2O2. The Kier molecular flexibility index (Phi) is 6.11. The van der Waals surface area contributed by atoms with Crippen LogP contribution in [-0.4, -0.2) is 42.8 Å². The van der Waals surface area contributed by atoms with Gasteiger partial charge < -0.3 is 15.0 Å². The summed E-state index contributed by atoms with van der Waals surface area (Å²) in [6, 6.07) is 0.545. The van der Waals surface area contributed by atoms with Gasteiger partial charge in [-0.25, -0.2) is 4.79 Å². The number of piperidine rings is 1. The summed E-state index contributed by atoms with van der Waals surface area (Å²) >= 11 is 0. The molecular weight excluding hydrogens is 228 g/mol. The monoisotopic (exact) mass is 250 g/mol. The molecule has 0 atom stereocenters. The second kappa shape index (κ2) is 6.30. The van der Waals surface area contributed by atoms with Gasteiger partial charge in [0.2, 0.25) is 0 Å². The maximum absolute atomic E-state index is 11.7. The van der Waals surface area contributed by atoms with Crippen molar-refractivity contribution in [3.63, 3.8) is 0 Å². The van der Waals surface area contributed by atoms with Crippen LogP contribution in [0.4, 0.5) is 4.79 Å². The zero-order chi connectivity index (χ0) is 11.5. The average molecular weight is 251 g/mol. The van der Waals surface area contributed by atoms with Gasteiger partial charge in [-0.3, -0.25) is 0 Å². The Morgan fingerprint density at radius 2 is 1.81 bits per heavy atom. The van der Waals surface area contributed by atoms with Crippen LogP contribution < -0.4 is 5.32 Å². The smallest absolute Gasteiger partial charge is 0.410 e. The Morgan fingerprint density at radius 1 is 1.31 bits per heavy atom. The first-order valence-corrected chi connectivity index (χ1v) is 5.57. The second-order valence-electron chi connectivity index (χ2n) is 5.03. The molecule has 0 spiro atoms. The first kappa shape index (κ1) is 15.5. The van der Waals surface area contributed by atoms with E-state index >= 15 is 0 Å². The summed E-state index contributed by atoms with van der Waals surface area (Å²) in [5, 5.41) is 3.23. The third-order valence-electron chi connectivity index (χ3n) is 2.55. The van der Waals surface area contributed by atoms with Gasteiger partial charge in [0.1, 0.15) is 5.60 Å². The molecule has 0 radical (unpaired) electrons. The van der Waals surface area contributed by atoms with Crippen LogP contribution in [0.5, 0.6) is 0 Å². The first-order valence-electron chi connectivity index (χ1n) is 5.57. The van der Waals surface area contributed by atoms with Gasteiger partial charge >= 0.3 is 6.09 Å². The lowest BCUT2D eigenvalue weighted by atomic mass is 10.1. The highest BCUT2D eigenvalue weighted by atomic mass is 35.5. The van der Waals surface area contributed by atoms with E-state index in [4.69, 9.17) is 4.74 Å². The number of carbonyl (C=O) groups is 1. The molecule has 0 aromatic rings. The lowest BCUT2D eigenvalue weighted by Crippen LogP contribution is -2.45. The molecule has 0 saturated carbocycles. The molecule has 1 N–H and O–H groups in total. The van der Waals surface area contributed by atoms with E-state index in [1.54, 1.807) is 4.90 Å². The van der Waals surface area contributed by atoms with Crippen molar-refractivity contribution < 1.29 is 9.53 Å². The molecule has 4 nitrogen and oxygen atoms in total. The highest BCUT2D eigenvalue weighted by Crippen LogP contribution is 2.14. The van der Waals surface area contributed by atoms with E-state index in [-0.39, 0.29) is 18.5 Å². The highest BCUT2D eigenvalue weighted by Gasteiger charge is 2.25. The summed E-state index contributed by atoms with van der Waals surface area (Å²) in [5.41, 5.74) is -0.392. The van der Waals surface area contributed by atoms with Gasteiger partial charge in [0, 0.05) is 19.1 Å². The Hall–Kier alpha value is -0.480. The fourth-order valence-corrected chi connectivity index (χ4v) is 1.68. The largest absolute Gasteiger partial charge is 0.444 e. The summed E-state index contributed by atoms with van der Waals surface area (Å²) in [6.45, 7) is 7.27. The zero-order valence-corrected chi connectivity index (χ0v) is 11.4. The van der Waals surface area contributed by atoms with Crippen LogP contribution in [-0.2, 0) is 4.74 Å². The molecule has 1 aliphatic rings. The van der Waals surface area contributed by atoms with Crippen LogP contribution in [0.25, 0.3) is 0 Å². The van der Waals surface area contributed by atoms with E-state index in [1.807, 2.05) is 27.8 Å². The van der Waals surface area contributed by atoms with Crippen LogP contribution in [0.1, 0.15) is 33.6 Å². The van der Waals surface area contributed by atoms with Gasteiger partial charge in [-0.1, -0.05) is 0 Å². The minimum atomic E-state index is -0.392. The third-order valence-corrected chi connectivity index (χ3v) is 2.55. The maximum atomic E-state index is 11.7. The minimum absolute atomic E-state index is 0. The standard InChI is InChI=1S/C11H22N2O2.ClH/c1-11(2,3)15-10(14)13-7-5-9(12-4)6-8-13;/h9,12H,5-8H2,1-4H3;1H. The molecule has 0 unspecified atom stereocenters. The van der Waals surface area contributed by atoms with Crippen LogP contribution in [0.15, 0.2) is 0 Å². The van der Waals surface area contributed by atoms with Crippen molar-refractivity contribution in [2.75, 3.05) is 20.1 Å². The molecule has 0 aromatic carbocycles. The predicted molar refractivity (Wildman–Crippen MR) is 67.1 cm³/mol. The van der Waals surface area contributed by atoms with Crippen molar-refractivity contribution in [1.82, 2.24) is 10.2 Å². The van der Waals surface area contributed by atoms with Crippen molar-refractivity contribution in [3.8, 4) is 0 Å². The number of nitrogens with one attached hydrogen (secondary N) is 1. The molecule has 1 rings (SSSR count).